The van der Waals surface area contributed by atoms with E-state index >= 15 is 0 Å². The Morgan fingerprint density at radius 3 is 2.38 bits per heavy atom. The zero-order valence-corrected chi connectivity index (χ0v) is 20.7. The van der Waals surface area contributed by atoms with Crippen molar-refractivity contribution in [2.24, 2.45) is 5.92 Å². The first-order valence-corrected chi connectivity index (χ1v) is 11.8. The van der Waals surface area contributed by atoms with Gasteiger partial charge in [-0.3, -0.25) is 9.59 Å². The van der Waals surface area contributed by atoms with Crippen LogP contribution < -0.4 is 9.47 Å². The van der Waals surface area contributed by atoms with Crippen LogP contribution >= 0.6 is 0 Å². The summed E-state index contributed by atoms with van der Waals surface area (Å²) in [6, 6.07) is 9.53. The van der Waals surface area contributed by atoms with Gasteiger partial charge in [0.15, 0.2) is 11.5 Å². The van der Waals surface area contributed by atoms with Gasteiger partial charge in [0.05, 0.1) is 27.3 Å². The fourth-order valence-corrected chi connectivity index (χ4v) is 3.87. The van der Waals surface area contributed by atoms with Gasteiger partial charge in [0.1, 0.15) is 11.5 Å². The van der Waals surface area contributed by atoms with Crippen LogP contribution in [-0.2, 0) is 27.3 Å². The van der Waals surface area contributed by atoms with Crippen LogP contribution in [-0.4, -0.2) is 69.2 Å². The van der Waals surface area contributed by atoms with Crippen molar-refractivity contribution < 1.29 is 28.2 Å². The molecule has 0 bridgehead atoms. The third-order valence-electron chi connectivity index (χ3n) is 5.95. The summed E-state index contributed by atoms with van der Waals surface area (Å²) < 4.78 is 21.6. The highest BCUT2D eigenvalue weighted by Gasteiger charge is 2.34. The van der Waals surface area contributed by atoms with E-state index in [1.807, 2.05) is 37.3 Å². The van der Waals surface area contributed by atoms with Gasteiger partial charge in [-0.2, -0.15) is 0 Å². The zero-order valence-electron chi connectivity index (χ0n) is 20.7. The summed E-state index contributed by atoms with van der Waals surface area (Å²) in [7, 11) is 4.84. The Morgan fingerprint density at radius 1 is 1.00 bits per heavy atom. The van der Waals surface area contributed by atoms with Crippen LogP contribution in [0.4, 0.5) is 0 Å². The largest absolute Gasteiger partial charge is 0.493 e. The molecule has 1 aromatic heterocycles. The molecule has 1 fully saturated rings. The molecule has 1 aliphatic rings. The van der Waals surface area contributed by atoms with Gasteiger partial charge in [0.25, 0.3) is 0 Å². The lowest BCUT2D eigenvalue weighted by Gasteiger charge is -2.27. The van der Waals surface area contributed by atoms with E-state index in [2.05, 4.69) is 0 Å². The van der Waals surface area contributed by atoms with E-state index in [0.717, 1.165) is 29.9 Å². The predicted molar refractivity (Wildman–Crippen MR) is 128 cm³/mol. The van der Waals surface area contributed by atoms with Crippen molar-refractivity contribution in [2.45, 2.75) is 39.2 Å². The van der Waals surface area contributed by atoms with Crippen LogP contribution in [0.3, 0.4) is 0 Å². The molecule has 8 nitrogen and oxygen atoms in total. The van der Waals surface area contributed by atoms with Gasteiger partial charge in [-0.1, -0.05) is 6.07 Å². The molecular formula is C26H36N2O6. The van der Waals surface area contributed by atoms with Crippen LogP contribution in [0.2, 0.25) is 0 Å². The number of nitrogens with zero attached hydrogens (tertiary/aromatic N) is 2. The summed E-state index contributed by atoms with van der Waals surface area (Å²) >= 11 is 0. The minimum atomic E-state index is -0.0963. The molecule has 0 aliphatic heterocycles. The molecule has 8 heteroatoms. The molecule has 2 aromatic rings. The second kappa shape index (κ2) is 12.5. The zero-order chi connectivity index (χ0) is 24.5. The first-order chi connectivity index (χ1) is 16.4. The van der Waals surface area contributed by atoms with Gasteiger partial charge < -0.3 is 28.4 Å². The third kappa shape index (κ3) is 7.25. The third-order valence-corrected chi connectivity index (χ3v) is 5.95. The van der Waals surface area contributed by atoms with Gasteiger partial charge in [-0.05, 0) is 62.4 Å². The Kier molecular flexibility index (Phi) is 9.39. The second-order valence-corrected chi connectivity index (χ2v) is 8.65. The topological polar surface area (TPSA) is 81.5 Å². The number of carbonyl (C=O) groups is 2. The average Bonchev–Trinajstić information content (AvgIpc) is 3.61. The minimum Gasteiger partial charge on any atom is -0.493 e. The quantitative estimate of drug-likeness (QED) is 0.392. The molecule has 1 aliphatic carbocycles. The predicted octanol–water partition coefficient (Wildman–Crippen LogP) is 3.45. The lowest BCUT2D eigenvalue weighted by Crippen LogP contribution is -2.44. The van der Waals surface area contributed by atoms with Crippen LogP contribution in [0, 0.1) is 12.8 Å². The highest BCUT2D eigenvalue weighted by molar-refractivity contribution is 5.87. The van der Waals surface area contributed by atoms with Crippen molar-refractivity contribution >= 4 is 11.8 Å². The van der Waals surface area contributed by atoms with E-state index < -0.39 is 0 Å². The lowest BCUT2D eigenvalue weighted by atomic mass is 10.1. The van der Waals surface area contributed by atoms with Gasteiger partial charge in [0.2, 0.25) is 11.8 Å². The average molecular weight is 473 g/mol. The maximum Gasteiger partial charge on any atom is 0.242 e. The molecule has 0 saturated heterocycles. The molecule has 186 valence electrons. The molecule has 1 heterocycles. The molecule has 34 heavy (non-hydrogen) atoms. The molecule has 2 amide bonds. The highest BCUT2D eigenvalue weighted by Crippen LogP contribution is 2.31. The first kappa shape index (κ1) is 25.6. The standard InChI is InChI=1S/C26H36N2O6/c1-19-6-10-22(34-19)17-27(14-12-20-7-11-23(32-3)24(16-20)33-4)25(29)18-28(13-5-15-31-2)26(30)21-8-9-21/h6-7,10-11,16,21H,5,8-9,12-15,17-18H2,1-4H3. The molecule has 0 unspecified atom stereocenters. The number of benzene rings is 1. The number of ether oxygens (including phenoxy) is 3. The van der Waals surface area contributed by atoms with Crippen LogP contribution in [0.5, 0.6) is 11.5 Å². The summed E-state index contributed by atoms with van der Waals surface area (Å²) in [5.74, 6) is 2.86. The molecule has 1 aromatic carbocycles. The molecule has 3 rings (SSSR count). The van der Waals surface area contributed by atoms with Crippen LogP contribution in [0.25, 0.3) is 0 Å². The fraction of sp³-hybridized carbons (Fsp3) is 0.538. The van der Waals surface area contributed by atoms with Crippen LogP contribution in [0.1, 0.15) is 36.3 Å². The normalized spacial score (nSPS) is 12.9. The molecule has 0 spiro atoms. The summed E-state index contributed by atoms with van der Waals surface area (Å²) in [5, 5.41) is 0. The molecular weight excluding hydrogens is 436 g/mol. The SMILES string of the molecule is COCCCN(CC(=O)N(CCc1ccc(OC)c(OC)c1)Cc1ccc(C)o1)C(=O)C1CC1. The minimum absolute atomic E-state index is 0.0586. The van der Waals surface area contributed by atoms with E-state index in [9.17, 15) is 9.59 Å². The monoisotopic (exact) mass is 472 g/mol. The molecule has 0 N–H and O–H groups in total. The summed E-state index contributed by atoms with van der Waals surface area (Å²) in [6.07, 6.45) is 3.14. The smallest absolute Gasteiger partial charge is 0.242 e. The van der Waals surface area contributed by atoms with Gasteiger partial charge in [-0.15, -0.1) is 0 Å². The van der Waals surface area contributed by atoms with Gasteiger partial charge in [0, 0.05) is 32.7 Å². The van der Waals surface area contributed by atoms with Crippen molar-refractivity contribution in [3.8, 4) is 11.5 Å². The Balaban J connectivity index is 1.71. The molecule has 0 atom stereocenters. The first-order valence-electron chi connectivity index (χ1n) is 11.8. The second-order valence-electron chi connectivity index (χ2n) is 8.65. The Morgan fingerprint density at radius 2 is 1.76 bits per heavy atom. The van der Waals surface area contributed by atoms with E-state index in [-0.39, 0.29) is 24.3 Å². The Labute approximate surface area is 201 Å². The van der Waals surface area contributed by atoms with E-state index in [0.29, 0.717) is 50.6 Å². The van der Waals surface area contributed by atoms with Crippen molar-refractivity contribution in [3.05, 3.63) is 47.4 Å². The van der Waals surface area contributed by atoms with E-state index in [4.69, 9.17) is 18.6 Å². The number of rotatable bonds is 14. The van der Waals surface area contributed by atoms with Crippen molar-refractivity contribution in [1.82, 2.24) is 9.80 Å². The lowest BCUT2D eigenvalue weighted by molar-refractivity contribution is -0.141. The fourth-order valence-electron chi connectivity index (χ4n) is 3.87. The van der Waals surface area contributed by atoms with Crippen molar-refractivity contribution in [2.75, 3.05) is 47.6 Å². The number of amides is 2. The maximum atomic E-state index is 13.4. The summed E-state index contributed by atoms with van der Waals surface area (Å²) in [5.41, 5.74) is 1.03. The number of aryl methyl sites for hydroxylation is 1. The molecule has 0 radical (unpaired) electrons. The number of methoxy groups -OCH3 is 3. The number of hydrogen-bond donors (Lipinski definition) is 0. The summed E-state index contributed by atoms with van der Waals surface area (Å²) in [4.78, 5) is 29.7. The van der Waals surface area contributed by atoms with Crippen molar-refractivity contribution in [3.63, 3.8) is 0 Å². The van der Waals surface area contributed by atoms with Crippen LogP contribution in [0.15, 0.2) is 34.7 Å². The molecule has 1 saturated carbocycles. The van der Waals surface area contributed by atoms with E-state index in [1.165, 1.54) is 0 Å². The van der Waals surface area contributed by atoms with E-state index in [1.54, 1.807) is 31.1 Å². The summed E-state index contributed by atoms with van der Waals surface area (Å²) in [6.45, 7) is 3.84. The number of furan rings is 1. The van der Waals surface area contributed by atoms with Crippen molar-refractivity contribution in [1.29, 1.82) is 0 Å². The highest BCUT2D eigenvalue weighted by atomic mass is 16.5. The number of carbonyl (C=O) groups excluding carboxylic acids is 2. The number of hydrogen-bond acceptors (Lipinski definition) is 6. The maximum absolute atomic E-state index is 13.4. The van der Waals surface area contributed by atoms with Gasteiger partial charge in [-0.25, -0.2) is 0 Å². The Bertz CT molecular complexity index is 953. The Hall–Kier alpha value is -3.00. The van der Waals surface area contributed by atoms with Gasteiger partial charge >= 0.3 is 0 Å².